The molecule has 0 fully saturated rings. The van der Waals surface area contributed by atoms with E-state index in [1.165, 1.54) is 5.56 Å². The SMILES string of the molecule is CCn1c(C)nnc1SCc1cccc(OC)c1. The first kappa shape index (κ1) is 13.0. The quantitative estimate of drug-likeness (QED) is 0.778. The van der Waals surface area contributed by atoms with Gasteiger partial charge in [-0.1, -0.05) is 23.9 Å². The molecule has 0 N–H and O–H groups in total. The lowest BCUT2D eigenvalue weighted by atomic mass is 10.2. The van der Waals surface area contributed by atoms with E-state index in [4.69, 9.17) is 4.74 Å². The van der Waals surface area contributed by atoms with Gasteiger partial charge >= 0.3 is 0 Å². The number of thioether (sulfide) groups is 1. The number of aromatic nitrogens is 3. The number of ether oxygens (including phenoxy) is 1. The number of hydrogen-bond acceptors (Lipinski definition) is 4. The molecule has 0 atom stereocenters. The molecule has 0 spiro atoms. The van der Waals surface area contributed by atoms with Gasteiger partial charge < -0.3 is 9.30 Å². The molecule has 0 aliphatic rings. The Balaban J connectivity index is 2.06. The van der Waals surface area contributed by atoms with Crippen LogP contribution in [0.2, 0.25) is 0 Å². The molecule has 0 unspecified atom stereocenters. The van der Waals surface area contributed by atoms with E-state index < -0.39 is 0 Å². The topological polar surface area (TPSA) is 39.9 Å². The van der Waals surface area contributed by atoms with Crippen LogP contribution >= 0.6 is 11.8 Å². The maximum Gasteiger partial charge on any atom is 0.191 e. The fourth-order valence-electron chi connectivity index (χ4n) is 1.74. The molecule has 0 saturated carbocycles. The molecule has 5 heteroatoms. The van der Waals surface area contributed by atoms with Gasteiger partial charge in [0.25, 0.3) is 0 Å². The molecule has 0 amide bonds. The Labute approximate surface area is 111 Å². The Hall–Kier alpha value is -1.49. The van der Waals surface area contributed by atoms with Crippen molar-refractivity contribution in [1.29, 1.82) is 0 Å². The molecule has 1 aromatic carbocycles. The van der Waals surface area contributed by atoms with Gasteiger partial charge in [-0.25, -0.2) is 0 Å². The van der Waals surface area contributed by atoms with Crippen molar-refractivity contribution in [2.75, 3.05) is 7.11 Å². The summed E-state index contributed by atoms with van der Waals surface area (Å²) in [6.07, 6.45) is 0. The van der Waals surface area contributed by atoms with Gasteiger partial charge in [0.2, 0.25) is 0 Å². The molecular formula is C13H17N3OS. The molecule has 0 radical (unpaired) electrons. The summed E-state index contributed by atoms with van der Waals surface area (Å²) in [6, 6.07) is 8.10. The lowest BCUT2D eigenvalue weighted by molar-refractivity contribution is 0.414. The second-order valence-corrected chi connectivity index (χ2v) is 4.86. The first-order valence-electron chi connectivity index (χ1n) is 5.90. The van der Waals surface area contributed by atoms with E-state index >= 15 is 0 Å². The van der Waals surface area contributed by atoms with Gasteiger partial charge in [-0.3, -0.25) is 0 Å². The van der Waals surface area contributed by atoms with Crippen molar-refractivity contribution in [2.45, 2.75) is 31.3 Å². The summed E-state index contributed by atoms with van der Waals surface area (Å²) in [5, 5.41) is 9.26. The molecule has 0 aliphatic heterocycles. The largest absolute Gasteiger partial charge is 0.497 e. The van der Waals surface area contributed by atoms with Crippen LogP contribution in [0.5, 0.6) is 5.75 Å². The van der Waals surface area contributed by atoms with E-state index in [2.05, 4.69) is 27.8 Å². The summed E-state index contributed by atoms with van der Waals surface area (Å²) in [7, 11) is 1.68. The molecule has 2 rings (SSSR count). The molecule has 2 aromatic rings. The van der Waals surface area contributed by atoms with Crippen LogP contribution in [0.3, 0.4) is 0 Å². The van der Waals surface area contributed by atoms with Crippen LogP contribution in [0.15, 0.2) is 29.4 Å². The van der Waals surface area contributed by atoms with Crippen molar-refractivity contribution >= 4 is 11.8 Å². The molecular weight excluding hydrogens is 246 g/mol. The lowest BCUT2D eigenvalue weighted by Crippen LogP contribution is -1.99. The van der Waals surface area contributed by atoms with E-state index in [1.807, 2.05) is 25.1 Å². The van der Waals surface area contributed by atoms with Crippen molar-refractivity contribution in [3.63, 3.8) is 0 Å². The van der Waals surface area contributed by atoms with E-state index in [0.29, 0.717) is 0 Å². The Morgan fingerprint density at radius 2 is 2.17 bits per heavy atom. The Morgan fingerprint density at radius 1 is 1.33 bits per heavy atom. The zero-order valence-corrected chi connectivity index (χ0v) is 11.7. The molecule has 0 bridgehead atoms. The van der Waals surface area contributed by atoms with Crippen molar-refractivity contribution in [2.24, 2.45) is 0 Å². The smallest absolute Gasteiger partial charge is 0.191 e. The summed E-state index contributed by atoms with van der Waals surface area (Å²) >= 11 is 1.70. The highest BCUT2D eigenvalue weighted by Crippen LogP contribution is 2.23. The minimum atomic E-state index is 0.870. The monoisotopic (exact) mass is 263 g/mol. The molecule has 4 nitrogen and oxygen atoms in total. The average Bonchev–Trinajstić information content (AvgIpc) is 2.77. The highest BCUT2D eigenvalue weighted by molar-refractivity contribution is 7.98. The summed E-state index contributed by atoms with van der Waals surface area (Å²) in [6.45, 7) is 4.98. The van der Waals surface area contributed by atoms with Crippen molar-refractivity contribution in [3.05, 3.63) is 35.7 Å². The fourth-order valence-corrected chi connectivity index (χ4v) is 2.73. The maximum atomic E-state index is 5.21. The van der Waals surface area contributed by atoms with Gasteiger partial charge in [-0.2, -0.15) is 0 Å². The first-order chi connectivity index (χ1) is 8.74. The number of nitrogens with zero attached hydrogens (tertiary/aromatic N) is 3. The number of methoxy groups -OCH3 is 1. The molecule has 18 heavy (non-hydrogen) atoms. The summed E-state index contributed by atoms with van der Waals surface area (Å²) in [5.74, 6) is 2.72. The Bertz CT molecular complexity index is 525. The zero-order chi connectivity index (χ0) is 13.0. The number of hydrogen-bond donors (Lipinski definition) is 0. The highest BCUT2D eigenvalue weighted by Gasteiger charge is 2.07. The van der Waals surface area contributed by atoms with Crippen LogP contribution in [0.4, 0.5) is 0 Å². The van der Waals surface area contributed by atoms with Gasteiger partial charge in [0, 0.05) is 12.3 Å². The second-order valence-electron chi connectivity index (χ2n) is 3.91. The fraction of sp³-hybridized carbons (Fsp3) is 0.385. The van der Waals surface area contributed by atoms with E-state index in [1.54, 1.807) is 18.9 Å². The Kier molecular flexibility index (Phi) is 4.25. The number of benzene rings is 1. The van der Waals surface area contributed by atoms with Gasteiger partial charge in [-0.15, -0.1) is 10.2 Å². The summed E-state index contributed by atoms with van der Waals surface area (Å²) in [4.78, 5) is 0. The first-order valence-corrected chi connectivity index (χ1v) is 6.88. The average molecular weight is 263 g/mol. The predicted molar refractivity (Wildman–Crippen MR) is 73.0 cm³/mol. The third-order valence-electron chi connectivity index (χ3n) is 2.72. The number of aryl methyl sites for hydroxylation is 1. The third kappa shape index (κ3) is 2.85. The van der Waals surface area contributed by atoms with Crippen LogP contribution in [0.1, 0.15) is 18.3 Å². The molecule has 0 aliphatic carbocycles. The van der Waals surface area contributed by atoms with Gasteiger partial charge in [0.1, 0.15) is 11.6 Å². The summed E-state index contributed by atoms with van der Waals surface area (Å²) in [5.41, 5.74) is 1.22. The van der Waals surface area contributed by atoms with E-state index in [0.717, 1.165) is 29.0 Å². The Morgan fingerprint density at radius 3 is 2.89 bits per heavy atom. The van der Waals surface area contributed by atoms with Gasteiger partial charge in [-0.05, 0) is 31.5 Å². The van der Waals surface area contributed by atoms with Crippen LogP contribution in [-0.4, -0.2) is 21.9 Å². The lowest BCUT2D eigenvalue weighted by Gasteiger charge is -2.06. The van der Waals surface area contributed by atoms with E-state index in [9.17, 15) is 0 Å². The van der Waals surface area contributed by atoms with Crippen LogP contribution < -0.4 is 4.74 Å². The second kappa shape index (κ2) is 5.91. The van der Waals surface area contributed by atoms with Gasteiger partial charge in [0.15, 0.2) is 5.16 Å². The highest BCUT2D eigenvalue weighted by atomic mass is 32.2. The van der Waals surface area contributed by atoms with Crippen molar-refractivity contribution in [3.8, 4) is 5.75 Å². The van der Waals surface area contributed by atoms with Crippen molar-refractivity contribution in [1.82, 2.24) is 14.8 Å². The minimum absolute atomic E-state index is 0.870. The van der Waals surface area contributed by atoms with Crippen molar-refractivity contribution < 1.29 is 4.74 Å². The van der Waals surface area contributed by atoms with Crippen LogP contribution in [0.25, 0.3) is 0 Å². The zero-order valence-electron chi connectivity index (χ0n) is 10.9. The van der Waals surface area contributed by atoms with E-state index in [-0.39, 0.29) is 0 Å². The van der Waals surface area contributed by atoms with Crippen LogP contribution in [-0.2, 0) is 12.3 Å². The normalized spacial score (nSPS) is 10.6. The van der Waals surface area contributed by atoms with Crippen LogP contribution in [0, 0.1) is 6.92 Å². The third-order valence-corrected chi connectivity index (χ3v) is 3.76. The maximum absolute atomic E-state index is 5.21. The molecule has 1 heterocycles. The molecule has 96 valence electrons. The molecule has 0 saturated heterocycles. The summed E-state index contributed by atoms with van der Waals surface area (Å²) < 4.78 is 7.33. The van der Waals surface area contributed by atoms with Gasteiger partial charge in [0.05, 0.1) is 7.11 Å². The number of rotatable bonds is 5. The minimum Gasteiger partial charge on any atom is -0.497 e. The standard InChI is InChI=1S/C13H17N3OS/c1-4-16-10(2)14-15-13(16)18-9-11-6-5-7-12(8-11)17-3/h5-8H,4,9H2,1-3H3. The predicted octanol–water partition coefficient (Wildman–Crippen LogP) is 2.91. The molecule has 1 aromatic heterocycles.